The molecule has 1 saturated carbocycles. The van der Waals surface area contributed by atoms with Gasteiger partial charge >= 0.3 is 0 Å². The highest BCUT2D eigenvalue weighted by Gasteiger charge is 2.44. The molecule has 2 aromatic carbocycles. The van der Waals surface area contributed by atoms with Crippen LogP contribution in [0.4, 0.5) is 20.2 Å². The zero-order valence-electron chi connectivity index (χ0n) is 14.9. The predicted octanol–water partition coefficient (Wildman–Crippen LogP) is 4.29. The first-order valence-corrected chi connectivity index (χ1v) is 8.63. The predicted molar refractivity (Wildman–Crippen MR) is 107 cm³/mol. The normalized spacial score (nSPS) is 14.9. The summed E-state index contributed by atoms with van der Waals surface area (Å²) in [5, 5.41) is 11.2. The van der Waals surface area contributed by atoms with Gasteiger partial charge in [-0.2, -0.15) is 0 Å². The Morgan fingerprint density at radius 3 is 2.48 bits per heavy atom. The first-order chi connectivity index (χ1) is 12.8. The highest BCUT2D eigenvalue weighted by Crippen LogP contribution is 2.50. The van der Waals surface area contributed by atoms with Crippen molar-refractivity contribution in [1.29, 1.82) is 5.41 Å². The average Bonchev–Trinajstić information content (AvgIpc) is 3.44. The highest BCUT2D eigenvalue weighted by molar-refractivity contribution is 6.12. The Morgan fingerprint density at radius 1 is 1.22 bits per heavy atom. The van der Waals surface area contributed by atoms with Gasteiger partial charge in [-0.15, -0.1) is 0 Å². The quantitative estimate of drug-likeness (QED) is 0.434. The van der Waals surface area contributed by atoms with Crippen LogP contribution in [0, 0.1) is 22.5 Å². The number of hydrogen-bond acceptors (Lipinski definition) is 4. The molecule has 4 nitrogen and oxygen atoms in total. The van der Waals surface area contributed by atoms with Crippen molar-refractivity contribution >= 4 is 23.2 Å². The van der Waals surface area contributed by atoms with Gasteiger partial charge in [-0.25, -0.2) is 8.78 Å². The minimum absolute atomic E-state index is 0.116. The summed E-state index contributed by atoms with van der Waals surface area (Å²) in [5.74, 6) is -0.840. The van der Waals surface area contributed by atoms with Crippen molar-refractivity contribution in [3.63, 3.8) is 0 Å². The number of hydrogen-bond donors (Lipinski definition) is 4. The summed E-state index contributed by atoms with van der Waals surface area (Å²) < 4.78 is 27.3. The summed E-state index contributed by atoms with van der Waals surface area (Å²) in [5.41, 5.74) is 13.8. The van der Waals surface area contributed by atoms with Gasteiger partial charge in [0.25, 0.3) is 0 Å². The fourth-order valence-corrected chi connectivity index (χ4v) is 2.84. The lowest BCUT2D eigenvalue weighted by atomic mass is 10.0. The lowest BCUT2D eigenvalue weighted by molar-refractivity contribution is 0.614. The van der Waals surface area contributed by atoms with Crippen molar-refractivity contribution in [2.24, 2.45) is 11.1 Å². The molecule has 0 radical (unpaired) electrons. The fourth-order valence-electron chi connectivity index (χ4n) is 2.84. The van der Waals surface area contributed by atoms with Crippen LogP contribution in [0.1, 0.15) is 24.0 Å². The molecule has 0 aromatic heterocycles. The van der Waals surface area contributed by atoms with E-state index < -0.39 is 5.82 Å². The van der Waals surface area contributed by atoms with E-state index in [1.54, 1.807) is 18.2 Å². The van der Waals surface area contributed by atoms with E-state index in [9.17, 15) is 8.78 Å². The van der Waals surface area contributed by atoms with Crippen LogP contribution in [-0.2, 0) is 0 Å². The van der Waals surface area contributed by atoms with Crippen molar-refractivity contribution in [1.82, 2.24) is 0 Å². The van der Waals surface area contributed by atoms with E-state index in [0.717, 1.165) is 18.4 Å². The summed E-state index contributed by atoms with van der Waals surface area (Å²) in [6.07, 6.45) is 5.06. The molecule has 0 unspecified atom stereocenters. The largest absolute Gasteiger partial charge is 0.398 e. The number of benzene rings is 2. The van der Waals surface area contributed by atoms with Gasteiger partial charge in [0.2, 0.25) is 0 Å². The van der Waals surface area contributed by atoms with Crippen LogP contribution in [0.15, 0.2) is 54.8 Å². The second-order valence-electron chi connectivity index (χ2n) is 6.81. The third-order valence-electron chi connectivity index (χ3n) is 4.91. The van der Waals surface area contributed by atoms with Crippen LogP contribution >= 0.6 is 0 Å². The maximum atomic E-state index is 14.3. The number of allylic oxidation sites excluding steroid dienone is 1. The smallest absolute Gasteiger partial charge is 0.148 e. The number of nitrogens with two attached hydrogens (primary N) is 2. The molecule has 1 aliphatic carbocycles. The van der Waals surface area contributed by atoms with E-state index in [4.69, 9.17) is 16.9 Å². The fraction of sp³-hybridized carbons (Fsp3) is 0.190. The van der Waals surface area contributed by atoms with Crippen LogP contribution in [0.3, 0.4) is 0 Å². The zero-order valence-corrected chi connectivity index (χ0v) is 14.9. The highest BCUT2D eigenvalue weighted by atomic mass is 19.1. The van der Waals surface area contributed by atoms with E-state index in [2.05, 4.69) is 11.9 Å². The molecule has 0 spiro atoms. The van der Waals surface area contributed by atoms with Crippen LogP contribution in [0.25, 0.3) is 6.08 Å². The molecule has 1 aliphatic rings. The molecule has 0 atom stereocenters. The molecule has 6 heteroatoms. The Bertz CT molecular complexity index is 913. The molecule has 0 aliphatic heterocycles. The van der Waals surface area contributed by atoms with Crippen molar-refractivity contribution in [3.8, 4) is 0 Å². The molecule has 0 heterocycles. The molecule has 0 saturated heterocycles. The van der Waals surface area contributed by atoms with Crippen molar-refractivity contribution in [2.45, 2.75) is 12.8 Å². The van der Waals surface area contributed by atoms with Gasteiger partial charge in [-0.3, -0.25) is 0 Å². The lowest BCUT2D eigenvalue weighted by Crippen LogP contribution is -2.22. The van der Waals surface area contributed by atoms with E-state index >= 15 is 0 Å². The molecular formula is C21H22F2N4. The summed E-state index contributed by atoms with van der Waals surface area (Å²) in [6, 6.07) is 8.58. The summed E-state index contributed by atoms with van der Waals surface area (Å²) in [4.78, 5) is 0. The monoisotopic (exact) mass is 368 g/mol. The Kier molecular flexibility index (Phi) is 5.10. The number of halogens is 2. The van der Waals surface area contributed by atoms with Crippen molar-refractivity contribution < 1.29 is 8.78 Å². The maximum absolute atomic E-state index is 14.3. The van der Waals surface area contributed by atoms with E-state index in [0.29, 0.717) is 17.8 Å². The first kappa shape index (κ1) is 18.8. The van der Waals surface area contributed by atoms with Gasteiger partial charge < -0.3 is 22.2 Å². The Morgan fingerprint density at radius 2 is 1.89 bits per heavy atom. The van der Waals surface area contributed by atoms with E-state index in [1.807, 2.05) is 0 Å². The average molecular weight is 368 g/mol. The molecule has 140 valence electrons. The Labute approximate surface area is 157 Å². The Balaban J connectivity index is 1.81. The number of anilines is 2. The van der Waals surface area contributed by atoms with Gasteiger partial charge in [0.15, 0.2) is 0 Å². The van der Waals surface area contributed by atoms with Crippen molar-refractivity contribution in [3.05, 3.63) is 77.5 Å². The SMILES string of the molecule is C=C(Nc1cc(C(=N)/C=C/c2ccc(F)cc2)c(N)cc1F)C1(CN)CC1. The van der Waals surface area contributed by atoms with Gasteiger partial charge in [0, 0.05) is 28.9 Å². The third-order valence-corrected chi connectivity index (χ3v) is 4.91. The molecule has 3 rings (SSSR count). The second kappa shape index (κ2) is 7.32. The minimum atomic E-state index is -0.513. The van der Waals surface area contributed by atoms with Gasteiger partial charge in [0.1, 0.15) is 11.6 Å². The minimum Gasteiger partial charge on any atom is -0.398 e. The third kappa shape index (κ3) is 4.06. The summed E-state index contributed by atoms with van der Waals surface area (Å²) in [7, 11) is 0. The lowest BCUT2D eigenvalue weighted by Gasteiger charge is -2.19. The molecule has 1 fully saturated rings. The molecular weight excluding hydrogens is 346 g/mol. The Hall–Kier alpha value is -2.99. The number of nitrogens with one attached hydrogen (secondary N) is 2. The number of nitrogen functional groups attached to an aromatic ring is 1. The van der Waals surface area contributed by atoms with Crippen LogP contribution in [0.5, 0.6) is 0 Å². The van der Waals surface area contributed by atoms with Gasteiger partial charge in [-0.1, -0.05) is 24.8 Å². The molecule has 27 heavy (non-hydrogen) atoms. The van der Waals surface area contributed by atoms with Crippen LogP contribution in [-0.4, -0.2) is 12.3 Å². The van der Waals surface area contributed by atoms with E-state index in [1.165, 1.54) is 30.3 Å². The van der Waals surface area contributed by atoms with Gasteiger partial charge in [-0.05, 0) is 48.7 Å². The second-order valence-corrected chi connectivity index (χ2v) is 6.81. The molecule has 2 aromatic rings. The summed E-state index contributed by atoms with van der Waals surface area (Å²) in [6.45, 7) is 4.45. The van der Waals surface area contributed by atoms with Crippen LogP contribution < -0.4 is 16.8 Å². The topological polar surface area (TPSA) is 87.9 Å². The first-order valence-electron chi connectivity index (χ1n) is 8.63. The standard InChI is InChI=1S/C21H22F2N4/c1-13(21(12-24)8-9-21)27-20-10-16(19(26)11-17(20)23)18(25)7-4-14-2-5-15(22)6-3-14/h2-7,10-11,25,27H,1,8-9,12,24,26H2/b7-4+,25-18?. The number of rotatable bonds is 7. The molecule has 0 bridgehead atoms. The summed E-state index contributed by atoms with van der Waals surface area (Å²) >= 11 is 0. The van der Waals surface area contributed by atoms with Crippen molar-refractivity contribution in [2.75, 3.05) is 17.6 Å². The maximum Gasteiger partial charge on any atom is 0.148 e. The van der Waals surface area contributed by atoms with Gasteiger partial charge in [0.05, 0.1) is 11.4 Å². The van der Waals surface area contributed by atoms with Crippen LogP contribution in [0.2, 0.25) is 0 Å². The molecule has 6 N–H and O–H groups in total. The van der Waals surface area contributed by atoms with E-state index in [-0.39, 0.29) is 28.3 Å². The molecule has 0 amide bonds. The zero-order chi connectivity index (χ0) is 19.6.